The van der Waals surface area contributed by atoms with Crippen LogP contribution in [-0.2, 0) is 6.42 Å². The third-order valence-electron chi connectivity index (χ3n) is 7.21. The molecule has 3 heteroatoms. The summed E-state index contributed by atoms with van der Waals surface area (Å²) in [6.45, 7) is 2.30. The van der Waals surface area contributed by atoms with E-state index in [2.05, 4.69) is 6.92 Å². The molecule has 1 heterocycles. The zero-order chi connectivity index (χ0) is 19.1. The van der Waals surface area contributed by atoms with Gasteiger partial charge >= 0.3 is 0 Å². The second kappa shape index (κ2) is 10.7. The molecule has 1 radical (unpaired) electrons. The van der Waals surface area contributed by atoms with Crippen LogP contribution < -0.4 is 0 Å². The fourth-order valence-corrected chi connectivity index (χ4v) is 9.13. The average molecular weight is 392 g/mol. The first-order chi connectivity index (χ1) is 13.2. The molecule has 0 nitrogen and oxygen atoms in total. The van der Waals surface area contributed by atoms with Gasteiger partial charge < -0.3 is 0 Å². The minimum Gasteiger partial charge on any atom is -0.204 e. The monoisotopic (exact) mass is 391 g/mol. The van der Waals surface area contributed by atoms with Crippen molar-refractivity contribution >= 4 is 8.80 Å². The first kappa shape index (κ1) is 21.0. The molecule has 1 aliphatic carbocycles. The molecule has 0 aromatic heterocycles. The summed E-state index contributed by atoms with van der Waals surface area (Å²) in [6.07, 6.45) is 16.4. The van der Waals surface area contributed by atoms with E-state index in [0.717, 1.165) is 35.8 Å². The van der Waals surface area contributed by atoms with E-state index in [9.17, 15) is 8.78 Å². The van der Waals surface area contributed by atoms with Gasteiger partial charge in [0.15, 0.2) is 11.6 Å². The van der Waals surface area contributed by atoms with E-state index in [1.54, 1.807) is 18.2 Å². The Kier molecular flexibility index (Phi) is 8.36. The van der Waals surface area contributed by atoms with Crippen LogP contribution in [0.4, 0.5) is 8.78 Å². The van der Waals surface area contributed by atoms with Gasteiger partial charge in [-0.1, -0.05) is 89.3 Å². The fourth-order valence-electron chi connectivity index (χ4n) is 5.35. The Balaban J connectivity index is 1.34. The van der Waals surface area contributed by atoms with E-state index < -0.39 is 11.6 Å². The van der Waals surface area contributed by atoms with Crippen LogP contribution in [0.3, 0.4) is 0 Å². The summed E-state index contributed by atoms with van der Waals surface area (Å²) < 4.78 is 26.4. The molecular formula is C24H37F2Si. The predicted molar refractivity (Wildman–Crippen MR) is 113 cm³/mol. The molecule has 3 rings (SSSR count). The first-order valence-corrected chi connectivity index (χ1v) is 13.4. The number of aryl methyl sites for hydroxylation is 1. The maximum absolute atomic E-state index is 13.3. The third-order valence-corrected chi connectivity index (χ3v) is 10.8. The highest BCUT2D eigenvalue weighted by Gasteiger charge is 2.31. The summed E-state index contributed by atoms with van der Waals surface area (Å²) in [5, 5.41) is 0. The van der Waals surface area contributed by atoms with Crippen LogP contribution in [-0.4, -0.2) is 8.80 Å². The summed E-state index contributed by atoms with van der Waals surface area (Å²) in [5.41, 5.74) is 2.01. The second-order valence-corrected chi connectivity index (χ2v) is 12.2. The van der Waals surface area contributed by atoms with E-state index in [1.165, 1.54) is 76.3 Å². The van der Waals surface area contributed by atoms with Crippen molar-refractivity contribution in [2.75, 3.05) is 0 Å². The van der Waals surface area contributed by atoms with Crippen LogP contribution in [0.15, 0.2) is 18.2 Å². The Hall–Kier alpha value is -0.703. The highest BCUT2D eigenvalue weighted by molar-refractivity contribution is 6.60. The molecule has 27 heavy (non-hydrogen) atoms. The molecule has 2 aliphatic rings. The number of hydrogen-bond acceptors (Lipinski definition) is 0. The Morgan fingerprint density at radius 1 is 0.852 bits per heavy atom. The van der Waals surface area contributed by atoms with Crippen molar-refractivity contribution in [2.24, 2.45) is 11.8 Å². The molecule has 0 atom stereocenters. The normalized spacial score (nSPS) is 25.0. The molecule has 0 bridgehead atoms. The van der Waals surface area contributed by atoms with Crippen LogP contribution >= 0.6 is 0 Å². The van der Waals surface area contributed by atoms with Gasteiger partial charge in [-0.15, -0.1) is 0 Å². The SMILES string of the molecule is CCCCCC1CC[Si](C2CCC(CCc3ccc(F)c(F)c3)CC2)CC1. The third kappa shape index (κ3) is 6.41. The smallest absolute Gasteiger partial charge is 0.159 e. The Morgan fingerprint density at radius 3 is 2.22 bits per heavy atom. The van der Waals surface area contributed by atoms with Crippen molar-refractivity contribution in [3.63, 3.8) is 0 Å². The lowest BCUT2D eigenvalue weighted by Gasteiger charge is -2.37. The van der Waals surface area contributed by atoms with Crippen molar-refractivity contribution in [2.45, 2.75) is 102 Å². The Morgan fingerprint density at radius 2 is 1.56 bits per heavy atom. The lowest BCUT2D eigenvalue weighted by molar-refractivity contribution is 0.331. The zero-order valence-corrected chi connectivity index (χ0v) is 18.1. The van der Waals surface area contributed by atoms with Gasteiger partial charge in [0.25, 0.3) is 0 Å². The lowest BCUT2D eigenvalue weighted by atomic mass is 9.85. The van der Waals surface area contributed by atoms with Gasteiger partial charge in [-0.3, -0.25) is 0 Å². The van der Waals surface area contributed by atoms with Crippen molar-refractivity contribution in [1.82, 2.24) is 0 Å². The Bertz CT molecular complexity index is 557. The molecule has 1 aliphatic heterocycles. The molecule has 1 saturated carbocycles. The summed E-state index contributed by atoms with van der Waals surface area (Å²) in [5.74, 6) is 0.397. The van der Waals surface area contributed by atoms with E-state index in [1.807, 2.05) is 0 Å². The van der Waals surface area contributed by atoms with Crippen LogP contribution in [0.25, 0.3) is 0 Å². The first-order valence-electron chi connectivity index (χ1n) is 11.4. The zero-order valence-electron chi connectivity index (χ0n) is 17.1. The maximum Gasteiger partial charge on any atom is 0.159 e. The lowest BCUT2D eigenvalue weighted by Crippen LogP contribution is -2.29. The summed E-state index contributed by atoms with van der Waals surface area (Å²) in [6, 6.07) is 7.54. The maximum atomic E-state index is 13.3. The molecule has 151 valence electrons. The second-order valence-electron chi connectivity index (χ2n) is 9.10. The van der Waals surface area contributed by atoms with E-state index in [0.29, 0.717) is 0 Å². The van der Waals surface area contributed by atoms with Crippen molar-refractivity contribution < 1.29 is 8.78 Å². The molecule has 0 N–H and O–H groups in total. The number of rotatable bonds is 8. The van der Waals surface area contributed by atoms with E-state index >= 15 is 0 Å². The van der Waals surface area contributed by atoms with Gasteiger partial charge in [0, 0.05) is 0 Å². The number of halogens is 2. The summed E-state index contributed by atoms with van der Waals surface area (Å²) >= 11 is 0. The highest BCUT2D eigenvalue weighted by atomic mass is 28.3. The summed E-state index contributed by atoms with van der Waals surface area (Å²) in [4.78, 5) is 0. The molecule has 0 amide bonds. The van der Waals surface area contributed by atoms with E-state index in [4.69, 9.17) is 0 Å². The quantitative estimate of drug-likeness (QED) is 0.311. The van der Waals surface area contributed by atoms with E-state index in [-0.39, 0.29) is 8.80 Å². The molecule has 1 aromatic carbocycles. The van der Waals surface area contributed by atoms with Crippen molar-refractivity contribution in [3.8, 4) is 0 Å². The minimum absolute atomic E-state index is 0.102. The molecule has 1 aromatic rings. The van der Waals surface area contributed by atoms with Crippen LogP contribution in [0.5, 0.6) is 0 Å². The van der Waals surface area contributed by atoms with Gasteiger partial charge in [0.05, 0.1) is 8.80 Å². The molecular weight excluding hydrogens is 354 g/mol. The molecule has 0 unspecified atom stereocenters. The standard InChI is InChI=1S/C24H37F2Si/c1-2-3-4-5-19-14-16-27(17-15-19)22-11-8-20(9-12-22)6-7-21-10-13-23(25)24(26)18-21/h10,13,18-20,22H,2-9,11-12,14-17H2,1H3. The highest BCUT2D eigenvalue weighted by Crippen LogP contribution is 2.42. The topological polar surface area (TPSA) is 0 Å². The van der Waals surface area contributed by atoms with Crippen LogP contribution in [0.1, 0.15) is 83.1 Å². The van der Waals surface area contributed by atoms with Gasteiger partial charge in [-0.25, -0.2) is 8.78 Å². The predicted octanol–water partition coefficient (Wildman–Crippen LogP) is 7.94. The number of unbranched alkanes of at least 4 members (excludes halogenated alkanes) is 2. The van der Waals surface area contributed by atoms with Crippen molar-refractivity contribution in [1.29, 1.82) is 0 Å². The molecule has 2 fully saturated rings. The summed E-state index contributed by atoms with van der Waals surface area (Å²) in [7, 11) is -0.102. The number of benzene rings is 1. The minimum atomic E-state index is -0.733. The van der Waals surface area contributed by atoms with Gasteiger partial charge in [0.2, 0.25) is 0 Å². The fraction of sp³-hybridized carbons (Fsp3) is 0.750. The largest absolute Gasteiger partial charge is 0.204 e. The number of hydrogen-bond donors (Lipinski definition) is 0. The van der Waals surface area contributed by atoms with Gasteiger partial charge in [-0.05, 0) is 47.9 Å². The van der Waals surface area contributed by atoms with Crippen LogP contribution in [0.2, 0.25) is 17.6 Å². The molecule has 1 saturated heterocycles. The van der Waals surface area contributed by atoms with Crippen LogP contribution in [0, 0.1) is 23.5 Å². The molecule has 0 spiro atoms. The van der Waals surface area contributed by atoms with Gasteiger partial charge in [-0.2, -0.15) is 0 Å². The van der Waals surface area contributed by atoms with Crippen molar-refractivity contribution in [3.05, 3.63) is 35.4 Å². The average Bonchev–Trinajstić information content (AvgIpc) is 2.70. The Labute approximate surface area is 166 Å². The van der Waals surface area contributed by atoms with Gasteiger partial charge in [0.1, 0.15) is 0 Å².